The maximum absolute atomic E-state index is 4.49. The normalized spacial score (nSPS) is 14.3. The van der Waals surface area contributed by atoms with Crippen LogP contribution >= 0.6 is 11.3 Å². The zero-order valence-corrected chi connectivity index (χ0v) is 12.7. The average Bonchev–Trinajstić information content (AvgIpc) is 2.65. The van der Waals surface area contributed by atoms with E-state index in [9.17, 15) is 0 Å². The molecule has 1 N–H and O–H groups in total. The van der Waals surface area contributed by atoms with Crippen molar-refractivity contribution in [2.45, 2.75) is 45.7 Å². The highest BCUT2D eigenvalue weighted by atomic mass is 32.1. The van der Waals surface area contributed by atoms with Crippen LogP contribution in [0.1, 0.15) is 37.6 Å². The first-order valence-electron chi connectivity index (χ1n) is 6.13. The summed E-state index contributed by atoms with van der Waals surface area (Å²) >= 11 is 1.81. The van der Waals surface area contributed by atoms with E-state index in [1.807, 2.05) is 17.5 Å². The molecule has 0 amide bonds. The summed E-state index contributed by atoms with van der Waals surface area (Å²) in [5.74, 6) is 0. The van der Waals surface area contributed by atoms with Crippen molar-refractivity contribution < 1.29 is 0 Å². The Morgan fingerprint density at radius 1 is 1.41 bits per heavy atom. The molecule has 0 fully saturated rings. The number of thiazole rings is 1. The van der Waals surface area contributed by atoms with Crippen molar-refractivity contribution >= 4 is 11.3 Å². The smallest absolute Gasteiger partial charge is 0.0981 e. The number of nitrogens with one attached hydrogen (secondary N) is 1. The van der Waals surface area contributed by atoms with Gasteiger partial charge < -0.3 is 10.2 Å². The topological polar surface area (TPSA) is 28.2 Å². The Morgan fingerprint density at radius 3 is 2.53 bits per heavy atom. The summed E-state index contributed by atoms with van der Waals surface area (Å²) in [4.78, 5) is 8.03. The first-order chi connectivity index (χ1) is 7.80. The zero-order valence-electron chi connectivity index (χ0n) is 11.9. The summed E-state index contributed by atoms with van der Waals surface area (Å²) in [7, 11) is 4.22. The van der Waals surface area contributed by atoms with Crippen LogP contribution in [0.4, 0.5) is 0 Å². The maximum Gasteiger partial charge on any atom is 0.0981 e. The Bertz CT molecular complexity index is 339. The van der Waals surface area contributed by atoms with E-state index in [-0.39, 0.29) is 5.41 Å². The fourth-order valence-corrected chi connectivity index (χ4v) is 2.26. The quantitative estimate of drug-likeness (QED) is 0.876. The molecule has 1 unspecified atom stereocenters. The number of likely N-dealkylation sites (N-methyl/N-ethyl adjacent to an activating group) is 1. The van der Waals surface area contributed by atoms with E-state index < -0.39 is 0 Å². The van der Waals surface area contributed by atoms with Gasteiger partial charge in [-0.2, -0.15) is 0 Å². The SMILES string of the molecule is CC(CNCc1cnc(C(C)(C)C)s1)N(C)C. The van der Waals surface area contributed by atoms with E-state index in [4.69, 9.17) is 0 Å². The van der Waals surface area contributed by atoms with Crippen molar-refractivity contribution in [3.63, 3.8) is 0 Å². The molecule has 0 aliphatic carbocycles. The van der Waals surface area contributed by atoms with Gasteiger partial charge in [-0.25, -0.2) is 4.98 Å². The minimum absolute atomic E-state index is 0.167. The lowest BCUT2D eigenvalue weighted by Gasteiger charge is -2.19. The van der Waals surface area contributed by atoms with Crippen molar-refractivity contribution in [1.29, 1.82) is 0 Å². The van der Waals surface area contributed by atoms with Crippen molar-refractivity contribution in [3.8, 4) is 0 Å². The van der Waals surface area contributed by atoms with Gasteiger partial charge in [-0.05, 0) is 21.0 Å². The molecular formula is C13H25N3S. The van der Waals surface area contributed by atoms with Crippen LogP contribution in [0.5, 0.6) is 0 Å². The van der Waals surface area contributed by atoms with Crippen molar-refractivity contribution in [2.24, 2.45) is 0 Å². The first-order valence-corrected chi connectivity index (χ1v) is 6.94. The molecule has 0 aliphatic heterocycles. The van der Waals surface area contributed by atoms with Gasteiger partial charge >= 0.3 is 0 Å². The second kappa shape index (κ2) is 5.94. The fraction of sp³-hybridized carbons (Fsp3) is 0.769. The highest BCUT2D eigenvalue weighted by Gasteiger charge is 2.17. The van der Waals surface area contributed by atoms with Gasteiger partial charge in [0.15, 0.2) is 0 Å². The fourth-order valence-electron chi connectivity index (χ4n) is 1.32. The monoisotopic (exact) mass is 255 g/mol. The van der Waals surface area contributed by atoms with E-state index in [2.05, 4.69) is 57.0 Å². The molecule has 0 saturated heterocycles. The minimum atomic E-state index is 0.167. The molecule has 98 valence electrons. The third-order valence-electron chi connectivity index (χ3n) is 2.82. The first kappa shape index (κ1) is 14.6. The van der Waals surface area contributed by atoms with Gasteiger partial charge in [0, 0.05) is 35.6 Å². The van der Waals surface area contributed by atoms with E-state index in [0.717, 1.165) is 13.1 Å². The number of nitrogens with zero attached hydrogens (tertiary/aromatic N) is 2. The second-order valence-corrected chi connectivity index (χ2v) is 6.94. The van der Waals surface area contributed by atoms with Crippen LogP contribution in [0, 0.1) is 0 Å². The number of hydrogen-bond acceptors (Lipinski definition) is 4. The maximum atomic E-state index is 4.49. The lowest BCUT2D eigenvalue weighted by Crippen LogP contribution is -2.34. The lowest BCUT2D eigenvalue weighted by atomic mass is 9.98. The third-order valence-corrected chi connectivity index (χ3v) is 4.24. The zero-order chi connectivity index (χ0) is 13.1. The molecule has 0 saturated carbocycles. The molecule has 3 nitrogen and oxygen atoms in total. The molecule has 0 aliphatic rings. The molecular weight excluding hydrogens is 230 g/mol. The molecule has 0 aromatic carbocycles. The van der Waals surface area contributed by atoms with Gasteiger partial charge in [0.1, 0.15) is 0 Å². The van der Waals surface area contributed by atoms with Crippen molar-refractivity contribution in [2.75, 3.05) is 20.6 Å². The van der Waals surface area contributed by atoms with Gasteiger partial charge in [-0.15, -0.1) is 11.3 Å². The van der Waals surface area contributed by atoms with Crippen LogP contribution in [0.25, 0.3) is 0 Å². The summed E-state index contributed by atoms with van der Waals surface area (Å²) in [5, 5.41) is 4.69. The molecule has 0 spiro atoms. The molecule has 17 heavy (non-hydrogen) atoms. The van der Waals surface area contributed by atoms with Gasteiger partial charge in [0.05, 0.1) is 5.01 Å². The largest absolute Gasteiger partial charge is 0.310 e. The Morgan fingerprint density at radius 2 is 2.06 bits per heavy atom. The standard InChI is InChI=1S/C13H25N3S/c1-10(16(5)6)7-14-8-11-9-15-12(17-11)13(2,3)4/h9-10,14H,7-8H2,1-6H3. The van der Waals surface area contributed by atoms with Crippen LogP contribution in [-0.2, 0) is 12.0 Å². The minimum Gasteiger partial charge on any atom is -0.310 e. The van der Waals surface area contributed by atoms with Gasteiger partial charge in [0.2, 0.25) is 0 Å². The molecule has 1 rings (SSSR count). The molecule has 0 radical (unpaired) electrons. The Hall–Kier alpha value is -0.450. The number of rotatable bonds is 5. The molecule has 1 atom stereocenters. The molecule has 1 aromatic rings. The van der Waals surface area contributed by atoms with Crippen molar-refractivity contribution in [1.82, 2.24) is 15.2 Å². The van der Waals surface area contributed by atoms with Crippen molar-refractivity contribution in [3.05, 3.63) is 16.1 Å². The van der Waals surface area contributed by atoms with E-state index in [1.54, 1.807) is 0 Å². The molecule has 4 heteroatoms. The summed E-state index contributed by atoms with van der Waals surface area (Å²) in [6.07, 6.45) is 2.00. The van der Waals surface area contributed by atoms with Crippen LogP contribution in [0.3, 0.4) is 0 Å². The van der Waals surface area contributed by atoms with Gasteiger partial charge in [0.25, 0.3) is 0 Å². The van der Waals surface area contributed by atoms with E-state index >= 15 is 0 Å². The van der Waals surface area contributed by atoms with Crippen LogP contribution < -0.4 is 5.32 Å². The molecule has 1 aromatic heterocycles. The Kier molecular flexibility index (Phi) is 5.10. The molecule has 0 bridgehead atoms. The highest BCUT2D eigenvalue weighted by molar-refractivity contribution is 7.11. The van der Waals surface area contributed by atoms with Crippen LogP contribution in [0.15, 0.2) is 6.20 Å². The van der Waals surface area contributed by atoms with Crippen LogP contribution in [0.2, 0.25) is 0 Å². The predicted octanol–water partition coefficient (Wildman–Crippen LogP) is 2.48. The third kappa shape index (κ3) is 4.74. The van der Waals surface area contributed by atoms with E-state index in [0.29, 0.717) is 6.04 Å². The number of aromatic nitrogens is 1. The number of hydrogen-bond donors (Lipinski definition) is 1. The second-order valence-electron chi connectivity index (χ2n) is 5.83. The van der Waals surface area contributed by atoms with E-state index in [1.165, 1.54) is 9.88 Å². The summed E-state index contributed by atoms with van der Waals surface area (Å²) in [5.41, 5.74) is 0.167. The van der Waals surface area contributed by atoms with Gasteiger partial charge in [-0.1, -0.05) is 20.8 Å². The summed E-state index contributed by atoms with van der Waals surface area (Å²) in [6.45, 7) is 10.8. The van der Waals surface area contributed by atoms with Crippen LogP contribution in [-0.4, -0.2) is 36.6 Å². The molecule has 1 heterocycles. The Labute approximate surface area is 109 Å². The Balaban J connectivity index is 2.41. The van der Waals surface area contributed by atoms with Gasteiger partial charge in [-0.3, -0.25) is 0 Å². The predicted molar refractivity (Wildman–Crippen MR) is 75.7 cm³/mol. The summed E-state index contributed by atoms with van der Waals surface area (Å²) in [6, 6.07) is 0.560. The summed E-state index contributed by atoms with van der Waals surface area (Å²) < 4.78 is 0. The lowest BCUT2D eigenvalue weighted by molar-refractivity contribution is 0.303. The average molecular weight is 255 g/mol. The highest BCUT2D eigenvalue weighted by Crippen LogP contribution is 2.26.